The van der Waals surface area contributed by atoms with Crippen LogP contribution in [0.3, 0.4) is 0 Å². The molecular weight excluding hydrogens is 402 g/mol. The smallest absolute Gasteiger partial charge is 0.326 e. The molecule has 0 radical (unpaired) electrons. The number of imide groups is 1. The first-order valence-corrected chi connectivity index (χ1v) is 9.63. The molecule has 4 N–H and O–H groups in total. The predicted octanol–water partition coefficient (Wildman–Crippen LogP) is 0.905. The van der Waals surface area contributed by atoms with Gasteiger partial charge in [-0.25, -0.2) is 9.69 Å². The zero-order valence-electron chi connectivity index (χ0n) is 16.5. The number of carbonyl (C=O) groups is 5. The molecule has 9 nitrogen and oxygen atoms in total. The summed E-state index contributed by atoms with van der Waals surface area (Å²) in [4.78, 5) is 60.9. The third-order valence-electron chi connectivity index (χ3n) is 4.99. The Hall–Kier alpha value is -3.85. The molecule has 2 unspecified atom stereocenters. The van der Waals surface area contributed by atoms with Crippen molar-refractivity contribution in [1.29, 1.82) is 0 Å². The van der Waals surface area contributed by atoms with E-state index in [0.29, 0.717) is 28.7 Å². The van der Waals surface area contributed by atoms with Gasteiger partial charge in [-0.2, -0.15) is 0 Å². The Balaban J connectivity index is 1.79. The van der Waals surface area contributed by atoms with Crippen LogP contribution in [0.25, 0.3) is 0 Å². The third kappa shape index (κ3) is 4.51. The van der Waals surface area contributed by atoms with Gasteiger partial charge in [0, 0.05) is 6.42 Å². The van der Waals surface area contributed by atoms with Gasteiger partial charge in [0.15, 0.2) is 0 Å². The van der Waals surface area contributed by atoms with Gasteiger partial charge in [0.25, 0.3) is 11.8 Å². The predicted molar refractivity (Wildman–Crippen MR) is 111 cm³/mol. The summed E-state index contributed by atoms with van der Waals surface area (Å²) in [5.41, 5.74) is 7.37. The van der Waals surface area contributed by atoms with Crippen LogP contribution in [0, 0.1) is 0 Å². The highest BCUT2D eigenvalue weighted by Crippen LogP contribution is 2.31. The Bertz CT molecular complexity index is 1020. The van der Waals surface area contributed by atoms with E-state index in [0.717, 1.165) is 4.90 Å². The van der Waals surface area contributed by atoms with E-state index in [1.54, 1.807) is 48.5 Å². The van der Waals surface area contributed by atoms with Crippen LogP contribution in [0.1, 0.15) is 39.1 Å². The second kappa shape index (κ2) is 9.31. The van der Waals surface area contributed by atoms with Crippen molar-refractivity contribution < 1.29 is 29.1 Å². The molecule has 31 heavy (non-hydrogen) atoms. The Kier molecular flexibility index (Phi) is 6.56. The van der Waals surface area contributed by atoms with E-state index in [-0.39, 0.29) is 19.3 Å². The molecule has 9 heteroatoms. The second-order valence-electron chi connectivity index (χ2n) is 7.07. The number of aliphatic carboxylic acids is 1. The number of nitrogens with one attached hydrogen (secondary N) is 1. The lowest BCUT2D eigenvalue weighted by Crippen LogP contribution is -2.49. The number of fused-ring (bicyclic) bond motifs is 1. The summed E-state index contributed by atoms with van der Waals surface area (Å²) in [6, 6.07) is 10.7. The van der Waals surface area contributed by atoms with Crippen LogP contribution in [0.4, 0.5) is 5.69 Å². The number of benzene rings is 2. The molecule has 0 saturated carbocycles. The minimum absolute atomic E-state index is 0.0188. The van der Waals surface area contributed by atoms with Gasteiger partial charge >= 0.3 is 5.97 Å². The Morgan fingerprint density at radius 2 is 1.61 bits per heavy atom. The number of para-hydroxylation sites is 1. The van der Waals surface area contributed by atoms with E-state index in [1.165, 1.54) is 0 Å². The van der Waals surface area contributed by atoms with Crippen molar-refractivity contribution in [2.75, 3.05) is 4.90 Å². The van der Waals surface area contributed by atoms with Gasteiger partial charge in [-0.3, -0.25) is 14.4 Å². The zero-order valence-corrected chi connectivity index (χ0v) is 16.5. The second-order valence-corrected chi connectivity index (χ2v) is 7.07. The number of hydrogen-bond acceptors (Lipinski definition) is 6. The molecule has 0 fully saturated rings. The molecule has 2 aromatic carbocycles. The van der Waals surface area contributed by atoms with Crippen LogP contribution in [0.5, 0.6) is 0 Å². The summed E-state index contributed by atoms with van der Waals surface area (Å²) in [5, 5.41) is 11.5. The number of carboxylic acid groups (broad SMARTS) is 1. The summed E-state index contributed by atoms with van der Waals surface area (Å²) in [6.07, 6.45) is 0.466. The summed E-state index contributed by atoms with van der Waals surface area (Å²) >= 11 is 0. The van der Waals surface area contributed by atoms with Crippen molar-refractivity contribution in [3.63, 3.8) is 0 Å². The normalized spacial score (nSPS) is 14.7. The molecule has 0 aromatic heterocycles. The maximum absolute atomic E-state index is 12.8. The monoisotopic (exact) mass is 423 g/mol. The molecule has 3 amide bonds. The average Bonchev–Trinajstić information content (AvgIpc) is 3.01. The minimum Gasteiger partial charge on any atom is -0.480 e. The summed E-state index contributed by atoms with van der Waals surface area (Å²) in [5.74, 6) is -2.92. The molecule has 2 aromatic rings. The topological polar surface area (TPSA) is 147 Å². The highest BCUT2D eigenvalue weighted by atomic mass is 16.4. The number of aldehydes is 1. The molecule has 3 rings (SSSR count). The fourth-order valence-electron chi connectivity index (χ4n) is 3.41. The largest absolute Gasteiger partial charge is 0.480 e. The van der Waals surface area contributed by atoms with Crippen molar-refractivity contribution in [2.45, 2.75) is 31.3 Å². The van der Waals surface area contributed by atoms with Gasteiger partial charge in [-0.05, 0) is 36.6 Å². The number of rotatable bonds is 9. The zero-order chi connectivity index (χ0) is 22.5. The molecule has 0 aliphatic carbocycles. The molecule has 1 heterocycles. The minimum atomic E-state index is -1.27. The van der Waals surface area contributed by atoms with Gasteiger partial charge in [-0.15, -0.1) is 0 Å². The SMILES string of the molecule is NC(Cc1ccccc1N1C(=O)c2ccccc2C1=O)C(=O)NC(CCC=O)C(=O)O. The Labute approximate surface area is 177 Å². The Morgan fingerprint density at radius 1 is 1.03 bits per heavy atom. The molecule has 160 valence electrons. The fourth-order valence-corrected chi connectivity index (χ4v) is 3.41. The first kappa shape index (κ1) is 21.8. The third-order valence-corrected chi connectivity index (χ3v) is 4.99. The van der Waals surface area contributed by atoms with Crippen LogP contribution in [0.15, 0.2) is 48.5 Å². The number of anilines is 1. The lowest BCUT2D eigenvalue weighted by atomic mass is 10.0. The first-order chi connectivity index (χ1) is 14.8. The van der Waals surface area contributed by atoms with E-state index in [9.17, 15) is 29.1 Å². The molecule has 1 aliphatic rings. The average molecular weight is 423 g/mol. The van der Waals surface area contributed by atoms with Crippen molar-refractivity contribution in [3.05, 3.63) is 65.2 Å². The van der Waals surface area contributed by atoms with Crippen molar-refractivity contribution in [2.24, 2.45) is 5.73 Å². The molecule has 0 bridgehead atoms. The van der Waals surface area contributed by atoms with E-state index in [4.69, 9.17) is 5.73 Å². The quantitative estimate of drug-likeness (QED) is 0.401. The molecule has 0 spiro atoms. The lowest BCUT2D eigenvalue weighted by Gasteiger charge is -2.21. The van der Waals surface area contributed by atoms with E-state index in [1.807, 2.05) is 0 Å². The summed E-state index contributed by atoms with van der Waals surface area (Å²) in [7, 11) is 0. The number of nitrogens with zero attached hydrogens (tertiary/aromatic N) is 1. The summed E-state index contributed by atoms with van der Waals surface area (Å²) in [6.45, 7) is 0. The molecule has 0 saturated heterocycles. The highest BCUT2D eigenvalue weighted by Gasteiger charge is 2.37. The Morgan fingerprint density at radius 3 is 2.19 bits per heavy atom. The van der Waals surface area contributed by atoms with Gasteiger partial charge in [-0.1, -0.05) is 30.3 Å². The van der Waals surface area contributed by atoms with Crippen molar-refractivity contribution >= 4 is 35.7 Å². The highest BCUT2D eigenvalue weighted by molar-refractivity contribution is 6.34. The number of hydrogen-bond donors (Lipinski definition) is 3. The van der Waals surface area contributed by atoms with Crippen LogP contribution in [-0.4, -0.2) is 47.2 Å². The van der Waals surface area contributed by atoms with Gasteiger partial charge in [0.05, 0.1) is 22.9 Å². The summed E-state index contributed by atoms with van der Waals surface area (Å²) < 4.78 is 0. The van der Waals surface area contributed by atoms with E-state index in [2.05, 4.69) is 5.32 Å². The number of nitrogens with two attached hydrogens (primary N) is 1. The van der Waals surface area contributed by atoms with Crippen LogP contribution in [0.2, 0.25) is 0 Å². The van der Waals surface area contributed by atoms with Crippen LogP contribution < -0.4 is 16.0 Å². The van der Waals surface area contributed by atoms with Gasteiger partial charge in [0.2, 0.25) is 5.91 Å². The van der Waals surface area contributed by atoms with E-state index >= 15 is 0 Å². The van der Waals surface area contributed by atoms with Crippen LogP contribution in [-0.2, 0) is 20.8 Å². The van der Waals surface area contributed by atoms with E-state index < -0.39 is 35.8 Å². The van der Waals surface area contributed by atoms with Crippen molar-refractivity contribution in [1.82, 2.24) is 5.32 Å². The lowest BCUT2D eigenvalue weighted by molar-refractivity contribution is -0.142. The molecule has 2 atom stereocenters. The fraction of sp³-hybridized carbons (Fsp3) is 0.227. The number of carbonyl (C=O) groups excluding carboxylic acids is 4. The first-order valence-electron chi connectivity index (χ1n) is 9.63. The number of carboxylic acids is 1. The standard InChI is InChI=1S/C22H21N3O6/c23-16(19(27)24-17(22(30)31)9-5-11-26)12-13-6-1-4-10-18(13)25-20(28)14-7-2-3-8-15(14)21(25)29/h1-4,6-8,10-11,16-17H,5,9,12,23H2,(H,24,27)(H,30,31). The van der Waals surface area contributed by atoms with Crippen LogP contribution >= 0.6 is 0 Å². The van der Waals surface area contributed by atoms with Crippen molar-refractivity contribution in [3.8, 4) is 0 Å². The van der Waals surface area contributed by atoms with Gasteiger partial charge in [0.1, 0.15) is 12.3 Å². The maximum Gasteiger partial charge on any atom is 0.326 e. The number of amides is 3. The maximum atomic E-state index is 12.8. The van der Waals surface area contributed by atoms with Gasteiger partial charge < -0.3 is 21.0 Å². The molecule has 1 aliphatic heterocycles. The molecular formula is C22H21N3O6.